The monoisotopic (exact) mass is 245 g/mol. The van der Waals surface area contributed by atoms with Gasteiger partial charge < -0.3 is 5.11 Å². The second-order valence-corrected chi connectivity index (χ2v) is 4.37. The first-order valence-corrected chi connectivity index (χ1v) is 6.37. The molecule has 0 spiro atoms. The topological polar surface area (TPSA) is 50.9 Å². The molecule has 1 atom stereocenters. The zero-order chi connectivity index (χ0) is 13.1. The Morgan fingerprint density at radius 3 is 2.56 bits per heavy atom. The summed E-state index contributed by atoms with van der Waals surface area (Å²) < 4.78 is 1.88. The highest BCUT2D eigenvalue weighted by atomic mass is 16.3. The molecular formula is C14H19N3O. The second-order valence-electron chi connectivity index (χ2n) is 4.37. The summed E-state index contributed by atoms with van der Waals surface area (Å²) in [4.78, 5) is 4.37. The first-order chi connectivity index (χ1) is 8.65. The molecule has 18 heavy (non-hydrogen) atoms. The van der Waals surface area contributed by atoms with Crippen molar-refractivity contribution in [1.82, 2.24) is 14.8 Å². The molecule has 0 amide bonds. The number of nitrogens with zero attached hydrogens (tertiary/aromatic N) is 3. The number of aromatic nitrogens is 3. The van der Waals surface area contributed by atoms with Gasteiger partial charge in [0.2, 0.25) is 0 Å². The van der Waals surface area contributed by atoms with Gasteiger partial charge in [-0.05, 0) is 37.5 Å². The van der Waals surface area contributed by atoms with Crippen LogP contribution in [0.2, 0.25) is 0 Å². The number of pyridine rings is 1. The number of aryl methyl sites for hydroxylation is 2. The molecule has 0 aliphatic heterocycles. The lowest BCUT2D eigenvalue weighted by atomic mass is 10.2. The average molecular weight is 245 g/mol. The third-order valence-electron chi connectivity index (χ3n) is 3.03. The maximum Gasteiger partial charge on any atom is 0.153 e. The van der Waals surface area contributed by atoms with E-state index in [4.69, 9.17) is 0 Å². The minimum Gasteiger partial charge on any atom is -0.389 e. The van der Waals surface area contributed by atoms with Gasteiger partial charge in [-0.15, -0.1) is 0 Å². The van der Waals surface area contributed by atoms with Crippen molar-refractivity contribution in [3.8, 4) is 5.82 Å². The van der Waals surface area contributed by atoms with Crippen LogP contribution in [-0.4, -0.2) is 19.9 Å². The molecule has 2 aromatic heterocycles. The summed E-state index contributed by atoms with van der Waals surface area (Å²) in [5.41, 5.74) is 3.05. The summed E-state index contributed by atoms with van der Waals surface area (Å²) in [5.74, 6) is 0.802. The van der Waals surface area contributed by atoms with E-state index in [9.17, 15) is 5.11 Å². The molecule has 1 N–H and O–H groups in total. The third kappa shape index (κ3) is 2.43. The molecule has 0 aliphatic carbocycles. The van der Waals surface area contributed by atoms with Crippen LogP contribution in [0.4, 0.5) is 0 Å². The standard InChI is InChI=1S/C14H19N3O/c1-4-12-8-13(5-2)17(16-12)14-7-6-11(9-15-14)10(3)18/h6-10,18H,4-5H2,1-3H3/t10-/m1/s1. The Morgan fingerprint density at radius 2 is 2.06 bits per heavy atom. The van der Waals surface area contributed by atoms with Crippen molar-refractivity contribution in [3.05, 3.63) is 41.3 Å². The lowest BCUT2D eigenvalue weighted by Gasteiger charge is -2.07. The van der Waals surface area contributed by atoms with E-state index in [1.807, 2.05) is 16.8 Å². The third-order valence-corrected chi connectivity index (χ3v) is 3.03. The Balaban J connectivity index is 2.38. The Bertz CT molecular complexity index is 514. The van der Waals surface area contributed by atoms with Gasteiger partial charge in [0.15, 0.2) is 5.82 Å². The maximum atomic E-state index is 9.47. The molecule has 0 fully saturated rings. The Kier molecular flexibility index (Phi) is 3.77. The predicted molar refractivity (Wildman–Crippen MR) is 70.7 cm³/mol. The fourth-order valence-electron chi connectivity index (χ4n) is 1.87. The molecule has 4 nitrogen and oxygen atoms in total. The van der Waals surface area contributed by atoms with Crippen molar-refractivity contribution in [3.63, 3.8) is 0 Å². The normalized spacial score (nSPS) is 12.7. The fraction of sp³-hybridized carbons (Fsp3) is 0.429. The Morgan fingerprint density at radius 1 is 1.28 bits per heavy atom. The van der Waals surface area contributed by atoms with Crippen molar-refractivity contribution in [2.24, 2.45) is 0 Å². The van der Waals surface area contributed by atoms with Gasteiger partial charge >= 0.3 is 0 Å². The lowest BCUT2D eigenvalue weighted by Crippen LogP contribution is -2.04. The van der Waals surface area contributed by atoms with E-state index in [-0.39, 0.29) is 0 Å². The van der Waals surface area contributed by atoms with Crippen LogP contribution < -0.4 is 0 Å². The molecule has 0 unspecified atom stereocenters. The number of aliphatic hydroxyl groups excluding tert-OH is 1. The minimum absolute atomic E-state index is 0.485. The fourth-order valence-corrected chi connectivity index (χ4v) is 1.87. The molecular weight excluding hydrogens is 226 g/mol. The SMILES string of the molecule is CCc1cc(CC)n(-c2ccc([C@@H](C)O)cn2)n1. The Hall–Kier alpha value is -1.68. The number of hydrogen-bond donors (Lipinski definition) is 1. The van der Waals surface area contributed by atoms with Gasteiger partial charge in [-0.1, -0.05) is 19.9 Å². The number of aliphatic hydroxyl groups is 1. The first-order valence-electron chi connectivity index (χ1n) is 6.37. The average Bonchev–Trinajstić information content (AvgIpc) is 2.82. The smallest absolute Gasteiger partial charge is 0.153 e. The van der Waals surface area contributed by atoms with E-state index < -0.39 is 6.10 Å². The summed E-state index contributed by atoms with van der Waals surface area (Å²) >= 11 is 0. The quantitative estimate of drug-likeness (QED) is 0.900. The van der Waals surface area contributed by atoms with E-state index in [1.165, 1.54) is 0 Å². The second kappa shape index (κ2) is 5.31. The van der Waals surface area contributed by atoms with E-state index in [0.717, 1.165) is 35.6 Å². The van der Waals surface area contributed by atoms with Gasteiger partial charge in [-0.25, -0.2) is 9.67 Å². The summed E-state index contributed by atoms with van der Waals surface area (Å²) in [6.07, 6.45) is 3.06. The van der Waals surface area contributed by atoms with E-state index in [1.54, 1.807) is 13.1 Å². The van der Waals surface area contributed by atoms with Gasteiger partial charge in [0, 0.05) is 11.9 Å². The number of hydrogen-bond acceptors (Lipinski definition) is 3. The lowest BCUT2D eigenvalue weighted by molar-refractivity contribution is 0.199. The summed E-state index contributed by atoms with van der Waals surface area (Å²) in [7, 11) is 0. The molecule has 0 bridgehead atoms. The van der Waals surface area contributed by atoms with Crippen LogP contribution in [0.15, 0.2) is 24.4 Å². The van der Waals surface area contributed by atoms with Gasteiger partial charge in [-0.2, -0.15) is 5.10 Å². The van der Waals surface area contributed by atoms with Crippen LogP contribution in [0, 0.1) is 0 Å². The largest absolute Gasteiger partial charge is 0.389 e. The van der Waals surface area contributed by atoms with Crippen molar-refractivity contribution in [2.75, 3.05) is 0 Å². The summed E-state index contributed by atoms with van der Waals surface area (Å²) in [6.45, 7) is 5.93. The molecule has 96 valence electrons. The summed E-state index contributed by atoms with van der Waals surface area (Å²) in [6, 6.07) is 5.90. The molecule has 0 radical (unpaired) electrons. The zero-order valence-corrected chi connectivity index (χ0v) is 11.1. The van der Waals surface area contributed by atoms with Crippen LogP contribution in [0.3, 0.4) is 0 Å². The van der Waals surface area contributed by atoms with Crippen LogP contribution in [0.1, 0.15) is 43.8 Å². The molecule has 2 heterocycles. The molecule has 2 rings (SSSR count). The van der Waals surface area contributed by atoms with E-state index in [2.05, 4.69) is 30.0 Å². The Labute approximate surface area is 107 Å². The number of rotatable bonds is 4. The van der Waals surface area contributed by atoms with Crippen molar-refractivity contribution in [1.29, 1.82) is 0 Å². The zero-order valence-electron chi connectivity index (χ0n) is 11.1. The maximum absolute atomic E-state index is 9.47. The first kappa shape index (κ1) is 12.8. The van der Waals surface area contributed by atoms with Crippen LogP contribution in [-0.2, 0) is 12.8 Å². The van der Waals surface area contributed by atoms with Gasteiger partial charge in [0.1, 0.15) is 0 Å². The molecule has 0 saturated carbocycles. The highest BCUT2D eigenvalue weighted by Crippen LogP contribution is 2.15. The van der Waals surface area contributed by atoms with Crippen LogP contribution >= 0.6 is 0 Å². The van der Waals surface area contributed by atoms with E-state index in [0.29, 0.717) is 0 Å². The minimum atomic E-state index is -0.485. The van der Waals surface area contributed by atoms with Gasteiger partial charge in [-0.3, -0.25) is 0 Å². The highest BCUT2D eigenvalue weighted by Gasteiger charge is 2.09. The molecule has 0 saturated heterocycles. The predicted octanol–water partition coefficient (Wildman–Crippen LogP) is 2.45. The highest BCUT2D eigenvalue weighted by molar-refractivity contribution is 5.29. The summed E-state index contributed by atoms with van der Waals surface area (Å²) in [5, 5.41) is 14.0. The van der Waals surface area contributed by atoms with Gasteiger partial charge in [0.05, 0.1) is 11.8 Å². The van der Waals surface area contributed by atoms with Crippen LogP contribution in [0.5, 0.6) is 0 Å². The van der Waals surface area contributed by atoms with Gasteiger partial charge in [0.25, 0.3) is 0 Å². The van der Waals surface area contributed by atoms with Crippen molar-refractivity contribution < 1.29 is 5.11 Å². The molecule has 4 heteroatoms. The van der Waals surface area contributed by atoms with Crippen molar-refractivity contribution in [2.45, 2.75) is 39.7 Å². The molecule has 0 aliphatic rings. The molecule has 0 aromatic carbocycles. The van der Waals surface area contributed by atoms with E-state index >= 15 is 0 Å². The van der Waals surface area contributed by atoms with Crippen molar-refractivity contribution >= 4 is 0 Å². The molecule has 2 aromatic rings. The van der Waals surface area contributed by atoms with Crippen LogP contribution in [0.25, 0.3) is 5.82 Å².